The Bertz CT molecular complexity index is 594. The van der Waals surface area contributed by atoms with Crippen LogP contribution in [-0.2, 0) is 6.61 Å². The van der Waals surface area contributed by atoms with Gasteiger partial charge in [-0.2, -0.15) is 0 Å². The van der Waals surface area contributed by atoms with E-state index in [1.54, 1.807) is 13.0 Å². The highest BCUT2D eigenvalue weighted by Gasteiger charge is 2.20. The fourth-order valence-corrected chi connectivity index (χ4v) is 1.85. The summed E-state index contributed by atoms with van der Waals surface area (Å²) in [4.78, 5) is 10.7. The van der Waals surface area contributed by atoms with E-state index in [0.717, 1.165) is 11.1 Å². The molecule has 0 heterocycles. The van der Waals surface area contributed by atoms with Gasteiger partial charge in [-0.1, -0.05) is 36.4 Å². The minimum atomic E-state index is -0.386. The van der Waals surface area contributed by atoms with E-state index in [0.29, 0.717) is 17.9 Å². The van der Waals surface area contributed by atoms with Crippen molar-refractivity contribution in [2.24, 2.45) is 0 Å². The van der Waals surface area contributed by atoms with Crippen LogP contribution in [0.4, 0.5) is 5.69 Å². The molecule has 19 heavy (non-hydrogen) atoms. The summed E-state index contributed by atoms with van der Waals surface area (Å²) in [6.07, 6.45) is 0. The Labute approximate surface area is 111 Å². The molecule has 4 nitrogen and oxygen atoms in total. The summed E-state index contributed by atoms with van der Waals surface area (Å²) in [5.41, 5.74) is 2.57. The van der Waals surface area contributed by atoms with Gasteiger partial charge in [-0.3, -0.25) is 10.1 Å². The number of rotatable bonds is 4. The van der Waals surface area contributed by atoms with Crippen molar-refractivity contribution in [2.75, 3.05) is 0 Å². The van der Waals surface area contributed by atoms with Crippen molar-refractivity contribution >= 4 is 5.69 Å². The average Bonchev–Trinajstić information content (AvgIpc) is 2.41. The van der Waals surface area contributed by atoms with Crippen molar-refractivity contribution in [3.05, 3.63) is 69.3 Å². The summed E-state index contributed by atoms with van der Waals surface area (Å²) >= 11 is 0. The van der Waals surface area contributed by atoms with Gasteiger partial charge in [0.2, 0.25) is 0 Å². The number of nitro benzene ring substituents is 1. The van der Waals surface area contributed by atoms with Gasteiger partial charge in [0.15, 0.2) is 5.75 Å². The van der Waals surface area contributed by atoms with Crippen molar-refractivity contribution in [1.82, 2.24) is 0 Å². The third-order valence-corrected chi connectivity index (χ3v) is 3.08. The van der Waals surface area contributed by atoms with Crippen molar-refractivity contribution in [1.29, 1.82) is 0 Å². The Kier molecular flexibility index (Phi) is 3.80. The lowest BCUT2D eigenvalue weighted by Gasteiger charge is -2.09. The van der Waals surface area contributed by atoms with Crippen LogP contribution in [0.2, 0.25) is 0 Å². The zero-order valence-electron chi connectivity index (χ0n) is 10.9. The first-order valence-corrected chi connectivity index (χ1v) is 6.01. The Morgan fingerprint density at radius 1 is 1.11 bits per heavy atom. The molecule has 2 rings (SSSR count). The first-order valence-electron chi connectivity index (χ1n) is 6.01. The monoisotopic (exact) mass is 257 g/mol. The van der Waals surface area contributed by atoms with Gasteiger partial charge in [0.1, 0.15) is 6.61 Å². The minimum Gasteiger partial charge on any atom is -0.482 e. The lowest BCUT2D eigenvalue weighted by molar-refractivity contribution is -0.386. The van der Waals surface area contributed by atoms with E-state index in [-0.39, 0.29) is 10.6 Å². The molecule has 0 spiro atoms. The van der Waals surface area contributed by atoms with Gasteiger partial charge in [0.05, 0.1) is 4.92 Å². The number of aryl methyl sites for hydroxylation is 1. The number of nitrogens with zero attached hydrogens (tertiary/aromatic N) is 1. The molecule has 2 aromatic rings. The molecule has 0 amide bonds. The van der Waals surface area contributed by atoms with Crippen LogP contribution >= 0.6 is 0 Å². The fourth-order valence-electron chi connectivity index (χ4n) is 1.85. The molecule has 0 N–H and O–H groups in total. The molecule has 0 aromatic heterocycles. The molecule has 2 aromatic carbocycles. The zero-order chi connectivity index (χ0) is 13.8. The van der Waals surface area contributed by atoms with Crippen LogP contribution in [0.15, 0.2) is 42.5 Å². The minimum absolute atomic E-state index is 0.0518. The lowest BCUT2D eigenvalue weighted by Crippen LogP contribution is -2.01. The van der Waals surface area contributed by atoms with Crippen molar-refractivity contribution in [3.63, 3.8) is 0 Å². The van der Waals surface area contributed by atoms with Gasteiger partial charge in [0, 0.05) is 5.56 Å². The molecular formula is C15H15NO3. The zero-order valence-corrected chi connectivity index (χ0v) is 10.9. The summed E-state index contributed by atoms with van der Waals surface area (Å²) < 4.78 is 5.58. The predicted octanol–water partition coefficient (Wildman–Crippen LogP) is 3.79. The average molecular weight is 257 g/mol. The summed E-state index contributed by atoms with van der Waals surface area (Å²) in [7, 11) is 0. The number of nitro groups is 1. The second-order valence-electron chi connectivity index (χ2n) is 4.39. The summed E-state index contributed by atoms with van der Waals surface area (Å²) in [5.74, 6) is 0.317. The molecule has 0 atom stereocenters. The quantitative estimate of drug-likeness (QED) is 0.618. The SMILES string of the molecule is Cc1ccc(OCc2ccccc2)c([N+](=O)[O-])c1C. The molecule has 0 radical (unpaired) electrons. The van der Waals surface area contributed by atoms with Gasteiger partial charge >= 0.3 is 5.69 Å². The van der Waals surface area contributed by atoms with Crippen molar-refractivity contribution in [2.45, 2.75) is 20.5 Å². The van der Waals surface area contributed by atoms with Crippen LogP contribution < -0.4 is 4.74 Å². The molecule has 0 fully saturated rings. The van der Waals surface area contributed by atoms with Gasteiger partial charge < -0.3 is 4.74 Å². The normalized spacial score (nSPS) is 10.2. The van der Waals surface area contributed by atoms with Gasteiger partial charge in [-0.15, -0.1) is 0 Å². The maximum Gasteiger partial charge on any atom is 0.314 e. The smallest absolute Gasteiger partial charge is 0.314 e. The number of hydrogen-bond acceptors (Lipinski definition) is 3. The van der Waals surface area contributed by atoms with Crippen LogP contribution in [0.5, 0.6) is 5.75 Å². The molecule has 0 aliphatic heterocycles. The summed E-state index contributed by atoms with van der Waals surface area (Å²) in [5, 5.41) is 11.1. The van der Waals surface area contributed by atoms with E-state index >= 15 is 0 Å². The van der Waals surface area contributed by atoms with Gasteiger partial charge in [-0.05, 0) is 31.0 Å². The number of benzene rings is 2. The fraction of sp³-hybridized carbons (Fsp3) is 0.200. The Balaban J connectivity index is 2.26. The topological polar surface area (TPSA) is 52.4 Å². The summed E-state index contributed by atoms with van der Waals surface area (Å²) in [6, 6.07) is 13.1. The number of hydrogen-bond donors (Lipinski definition) is 0. The predicted molar refractivity (Wildman–Crippen MR) is 73.3 cm³/mol. The highest BCUT2D eigenvalue weighted by Crippen LogP contribution is 2.32. The Hall–Kier alpha value is -2.36. The molecule has 0 saturated carbocycles. The molecule has 0 aliphatic rings. The van der Waals surface area contributed by atoms with Crippen LogP contribution in [0.3, 0.4) is 0 Å². The molecule has 0 saturated heterocycles. The van der Waals surface area contributed by atoms with Crippen molar-refractivity contribution < 1.29 is 9.66 Å². The van der Waals surface area contributed by atoms with Gasteiger partial charge in [0.25, 0.3) is 0 Å². The second kappa shape index (κ2) is 5.52. The molecule has 4 heteroatoms. The molecular weight excluding hydrogens is 242 g/mol. The van der Waals surface area contributed by atoms with Crippen LogP contribution in [0, 0.1) is 24.0 Å². The number of ether oxygens (including phenoxy) is 1. The first-order chi connectivity index (χ1) is 9.09. The van der Waals surface area contributed by atoms with E-state index < -0.39 is 0 Å². The van der Waals surface area contributed by atoms with E-state index in [4.69, 9.17) is 4.74 Å². The van der Waals surface area contributed by atoms with E-state index in [1.165, 1.54) is 0 Å². The third kappa shape index (κ3) is 2.91. The summed E-state index contributed by atoms with van der Waals surface area (Å²) in [6.45, 7) is 3.91. The Morgan fingerprint density at radius 3 is 2.42 bits per heavy atom. The van der Waals surface area contributed by atoms with Crippen LogP contribution in [0.1, 0.15) is 16.7 Å². The van der Waals surface area contributed by atoms with E-state index in [9.17, 15) is 10.1 Å². The largest absolute Gasteiger partial charge is 0.482 e. The first kappa shape index (κ1) is 13.1. The van der Waals surface area contributed by atoms with Crippen molar-refractivity contribution in [3.8, 4) is 5.75 Å². The van der Waals surface area contributed by atoms with Gasteiger partial charge in [-0.25, -0.2) is 0 Å². The lowest BCUT2D eigenvalue weighted by atomic mass is 10.1. The molecule has 0 unspecified atom stereocenters. The molecule has 98 valence electrons. The van der Waals surface area contributed by atoms with E-state index in [1.807, 2.05) is 43.3 Å². The molecule has 0 bridgehead atoms. The maximum atomic E-state index is 11.1. The molecule has 0 aliphatic carbocycles. The standard InChI is InChI=1S/C15H15NO3/c1-11-8-9-14(15(12(11)2)16(17)18)19-10-13-6-4-3-5-7-13/h3-9H,10H2,1-2H3. The maximum absolute atomic E-state index is 11.1. The van der Waals surface area contributed by atoms with Crippen LogP contribution in [-0.4, -0.2) is 4.92 Å². The Morgan fingerprint density at radius 2 is 1.79 bits per heavy atom. The van der Waals surface area contributed by atoms with E-state index in [2.05, 4.69) is 0 Å². The highest BCUT2D eigenvalue weighted by molar-refractivity contribution is 5.55. The second-order valence-corrected chi connectivity index (χ2v) is 4.39. The third-order valence-electron chi connectivity index (χ3n) is 3.08. The van der Waals surface area contributed by atoms with Crippen LogP contribution in [0.25, 0.3) is 0 Å². The highest BCUT2D eigenvalue weighted by atomic mass is 16.6.